The molecule has 22 heavy (non-hydrogen) atoms. The maximum absolute atomic E-state index is 12.3. The van der Waals surface area contributed by atoms with Crippen LogP contribution in [0, 0.1) is 17.2 Å². The monoisotopic (exact) mass is 298 g/mol. The van der Waals surface area contributed by atoms with E-state index in [0.717, 1.165) is 24.8 Å². The summed E-state index contributed by atoms with van der Waals surface area (Å²) in [6, 6.07) is 9.47. The highest BCUT2D eigenvalue weighted by molar-refractivity contribution is 6.01. The Morgan fingerprint density at radius 1 is 1.41 bits per heavy atom. The van der Waals surface area contributed by atoms with Crippen LogP contribution in [0.2, 0.25) is 0 Å². The normalized spacial score (nSPS) is 21.8. The highest BCUT2D eigenvalue weighted by Gasteiger charge is 2.23. The van der Waals surface area contributed by atoms with Crippen molar-refractivity contribution in [1.82, 2.24) is 5.32 Å². The summed E-state index contributed by atoms with van der Waals surface area (Å²) in [6.45, 7) is 2.15. The summed E-state index contributed by atoms with van der Waals surface area (Å²) in [5.41, 5.74) is 0.911. The zero-order chi connectivity index (χ0) is 15.9. The summed E-state index contributed by atoms with van der Waals surface area (Å²) in [4.78, 5) is 12.3. The third-order valence-electron chi connectivity index (χ3n) is 4.20. The molecule has 1 aromatic carbocycles. The number of ether oxygens (including phenoxy) is 1. The van der Waals surface area contributed by atoms with Gasteiger partial charge in [-0.15, -0.1) is 0 Å². The van der Waals surface area contributed by atoms with Crippen LogP contribution < -0.4 is 10.1 Å². The summed E-state index contributed by atoms with van der Waals surface area (Å²) >= 11 is 0. The van der Waals surface area contributed by atoms with Gasteiger partial charge in [-0.05, 0) is 42.5 Å². The summed E-state index contributed by atoms with van der Waals surface area (Å²) in [6.07, 6.45) is 6.08. The van der Waals surface area contributed by atoms with E-state index in [-0.39, 0.29) is 17.5 Å². The Bertz CT molecular complexity index is 601. The van der Waals surface area contributed by atoms with E-state index in [1.54, 1.807) is 19.3 Å². The van der Waals surface area contributed by atoms with Gasteiger partial charge in [0.05, 0.1) is 7.11 Å². The van der Waals surface area contributed by atoms with Gasteiger partial charge in [0.1, 0.15) is 17.4 Å². The van der Waals surface area contributed by atoms with Crippen molar-refractivity contribution in [2.45, 2.75) is 38.6 Å². The molecule has 4 nitrogen and oxygen atoms in total. The molecule has 0 aliphatic heterocycles. The van der Waals surface area contributed by atoms with Crippen LogP contribution in [0.5, 0.6) is 5.75 Å². The van der Waals surface area contributed by atoms with Crippen molar-refractivity contribution in [3.8, 4) is 11.8 Å². The van der Waals surface area contributed by atoms with Gasteiger partial charge in [-0.1, -0.05) is 31.9 Å². The Labute approximate surface area is 131 Å². The van der Waals surface area contributed by atoms with Gasteiger partial charge in [0.2, 0.25) is 0 Å². The first-order valence-corrected chi connectivity index (χ1v) is 7.70. The van der Waals surface area contributed by atoms with E-state index in [4.69, 9.17) is 4.74 Å². The second kappa shape index (κ2) is 7.65. The number of nitrogens with one attached hydrogen (secondary N) is 1. The number of carbonyl (C=O) groups excluding carboxylic acids is 1. The molecule has 4 heteroatoms. The van der Waals surface area contributed by atoms with E-state index in [1.807, 2.05) is 24.3 Å². The summed E-state index contributed by atoms with van der Waals surface area (Å²) in [5, 5.41) is 12.3. The van der Waals surface area contributed by atoms with Crippen LogP contribution in [0.15, 0.2) is 29.8 Å². The van der Waals surface area contributed by atoms with Crippen molar-refractivity contribution in [3.05, 3.63) is 35.4 Å². The first kappa shape index (κ1) is 16.1. The third-order valence-corrected chi connectivity index (χ3v) is 4.20. The van der Waals surface area contributed by atoms with Gasteiger partial charge >= 0.3 is 0 Å². The number of nitrogens with zero attached hydrogens (tertiary/aromatic N) is 1. The van der Waals surface area contributed by atoms with Gasteiger partial charge in [0, 0.05) is 6.04 Å². The quantitative estimate of drug-likeness (QED) is 0.685. The maximum Gasteiger partial charge on any atom is 0.262 e. The summed E-state index contributed by atoms with van der Waals surface area (Å²) in [7, 11) is 1.59. The fourth-order valence-corrected chi connectivity index (χ4v) is 2.82. The molecule has 1 fully saturated rings. The molecule has 0 saturated heterocycles. The molecule has 2 rings (SSSR count). The fourth-order valence-electron chi connectivity index (χ4n) is 2.82. The van der Waals surface area contributed by atoms with Gasteiger partial charge < -0.3 is 10.1 Å². The Hall–Kier alpha value is -2.28. The minimum absolute atomic E-state index is 0.131. The molecule has 0 radical (unpaired) electrons. The minimum atomic E-state index is -0.288. The van der Waals surface area contributed by atoms with Crippen molar-refractivity contribution in [2.75, 3.05) is 7.11 Å². The number of methoxy groups -OCH3 is 1. The largest absolute Gasteiger partial charge is 0.497 e. The predicted octanol–water partition coefficient (Wildman–Crippen LogP) is 3.30. The van der Waals surface area contributed by atoms with E-state index in [0.29, 0.717) is 11.7 Å². The number of amides is 1. The summed E-state index contributed by atoms with van der Waals surface area (Å²) < 4.78 is 5.15. The number of nitriles is 1. The zero-order valence-corrected chi connectivity index (χ0v) is 13.1. The van der Waals surface area contributed by atoms with E-state index in [1.165, 1.54) is 6.42 Å². The van der Waals surface area contributed by atoms with Crippen molar-refractivity contribution in [2.24, 2.45) is 5.92 Å². The highest BCUT2D eigenvalue weighted by atomic mass is 16.5. The first-order valence-electron chi connectivity index (χ1n) is 7.70. The molecule has 2 atom stereocenters. The molecule has 1 N–H and O–H groups in total. The molecule has 0 heterocycles. The standard InChI is InChI=1S/C18H22N2O2/c1-13-6-3-4-9-17(13)20-18(21)15(12-19)10-14-7-5-8-16(11-14)22-2/h5,7-8,10-11,13,17H,3-4,6,9H2,1-2H3,(H,20,21)/b15-10-/t13-,17+/m0/s1. The molecule has 1 saturated carbocycles. The fraction of sp³-hybridized carbons (Fsp3) is 0.444. The number of carbonyl (C=O) groups is 1. The molecule has 1 aliphatic carbocycles. The van der Waals surface area contributed by atoms with E-state index >= 15 is 0 Å². The number of hydrogen-bond donors (Lipinski definition) is 1. The molecule has 0 aromatic heterocycles. The first-order chi connectivity index (χ1) is 10.6. The SMILES string of the molecule is COc1cccc(/C=C(/C#N)C(=O)N[C@@H]2CCCC[C@@H]2C)c1. The van der Waals surface area contributed by atoms with Crippen LogP contribution in [-0.4, -0.2) is 19.1 Å². The van der Waals surface area contributed by atoms with Crippen molar-refractivity contribution >= 4 is 12.0 Å². The Kier molecular flexibility index (Phi) is 5.60. The summed E-state index contributed by atoms with van der Waals surface area (Å²) in [5.74, 6) is 0.880. The molecule has 1 amide bonds. The number of hydrogen-bond acceptors (Lipinski definition) is 3. The van der Waals surface area contributed by atoms with Gasteiger partial charge in [0.15, 0.2) is 0 Å². The Morgan fingerprint density at radius 3 is 2.86 bits per heavy atom. The minimum Gasteiger partial charge on any atom is -0.497 e. The molecule has 1 aromatic rings. The molecular weight excluding hydrogens is 276 g/mol. The van der Waals surface area contributed by atoms with Crippen LogP contribution >= 0.6 is 0 Å². The van der Waals surface area contributed by atoms with Gasteiger partial charge in [-0.25, -0.2) is 0 Å². The van der Waals surface area contributed by atoms with Crippen LogP contribution in [0.4, 0.5) is 0 Å². The lowest BCUT2D eigenvalue weighted by molar-refractivity contribution is -0.118. The second-order valence-corrected chi connectivity index (χ2v) is 5.79. The lowest BCUT2D eigenvalue weighted by Crippen LogP contribution is -2.41. The zero-order valence-electron chi connectivity index (χ0n) is 13.1. The number of rotatable bonds is 4. The molecule has 0 spiro atoms. The lowest BCUT2D eigenvalue weighted by Gasteiger charge is -2.29. The highest BCUT2D eigenvalue weighted by Crippen LogP contribution is 2.24. The van der Waals surface area contributed by atoms with E-state index < -0.39 is 0 Å². The van der Waals surface area contributed by atoms with Gasteiger partial charge in [0.25, 0.3) is 5.91 Å². The topological polar surface area (TPSA) is 62.1 Å². The van der Waals surface area contributed by atoms with Gasteiger partial charge in [-0.2, -0.15) is 5.26 Å². The average molecular weight is 298 g/mol. The van der Waals surface area contributed by atoms with Crippen molar-refractivity contribution < 1.29 is 9.53 Å². The van der Waals surface area contributed by atoms with Crippen molar-refractivity contribution in [3.63, 3.8) is 0 Å². The third kappa shape index (κ3) is 4.11. The van der Waals surface area contributed by atoms with E-state index in [9.17, 15) is 10.1 Å². The molecule has 0 bridgehead atoms. The average Bonchev–Trinajstić information content (AvgIpc) is 2.54. The van der Waals surface area contributed by atoms with Crippen LogP contribution in [-0.2, 0) is 4.79 Å². The number of benzene rings is 1. The smallest absolute Gasteiger partial charge is 0.262 e. The Morgan fingerprint density at radius 2 is 2.18 bits per heavy atom. The van der Waals surface area contributed by atoms with Gasteiger partial charge in [-0.3, -0.25) is 4.79 Å². The molecule has 1 aliphatic rings. The second-order valence-electron chi connectivity index (χ2n) is 5.79. The molecule has 0 unspecified atom stereocenters. The van der Waals surface area contributed by atoms with Crippen LogP contribution in [0.25, 0.3) is 6.08 Å². The van der Waals surface area contributed by atoms with Crippen LogP contribution in [0.1, 0.15) is 38.2 Å². The van der Waals surface area contributed by atoms with E-state index in [2.05, 4.69) is 12.2 Å². The predicted molar refractivity (Wildman–Crippen MR) is 86.1 cm³/mol. The molecular formula is C18H22N2O2. The Balaban J connectivity index is 2.11. The van der Waals surface area contributed by atoms with Crippen molar-refractivity contribution in [1.29, 1.82) is 5.26 Å². The maximum atomic E-state index is 12.3. The van der Waals surface area contributed by atoms with Crippen LogP contribution in [0.3, 0.4) is 0 Å². The molecule has 116 valence electrons. The lowest BCUT2D eigenvalue weighted by atomic mass is 9.86.